The minimum atomic E-state index is -0.0604. The van der Waals surface area contributed by atoms with Gasteiger partial charge in [-0.1, -0.05) is 0 Å². The number of nitrogens with one attached hydrogen (secondary N) is 1. The number of ether oxygens (including phenoxy) is 1. The van der Waals surface area contributed by atoms with Crippen molar-refractivity contribution in [3.63, 3.8) is 0 Å². The van der Waals surface area contributed by atoms with Gasteiger partial charge in [-0.3, -0.25) is 4.79 Å². The third-order valence-electron chi connectivity index (χ3n) is 3.19. The number of carbonyl (C=O) groups is 1. The zero-order chi connectivity index (χ0) is 13.7. The van der Waals surface area contributed by atoms with E-state index in [9.17, 15) is 4.79 Å². The Morgan fingerprint density at radius 2 is 2.26 bits per heavy atom. The van der Waals surface area contributed by atoms with E-state index in [4.69, 9.17) is 10.5 Å². The second-order valence-electron chi connectivity index (χ2n) is 4.59. The van der Waals surface area contributed by atoms with E-state index in [2.05, 4.69) is 10.2 Å². The zero-order valence-electron chi connectivity index (χ0n) is 11.3. The van der Waals surface area contributed by atoms with E-state index in [0.29, 0.717) is 24.4 Å². The molecular weight excluding hydrogens is 242 g/mol. The molecule has 0 unspecified atom stereocenters. The van der Waals surface area contributed by atoms with Crippen LogP contribution in [0.15, 0.2) is 18.2 Å². The van der Waals surface area contributed by atoms with Crippen LogP contribution in [-0.2, 0) is 4.74 Å². The van der Waals surface area contributed by atoms with Gasteiger partial charge in [-0.05, 0) is 31.5 Å². The summed E-state index contributed by atoms with van der Waals surface area (Å²) in [6.45, 7) is 5.72. The van der Waals surface area contributed by atoms with Gasteiger partial charge < -0.3 is 20.7 Å². The lowest BCUT2D eigenvalue weighted by atomic mass is 10.1. The summed E-state index contributed by atoms with van der Waals surface area (Å²) < 4.78 is 5.44. The van der Waals surface area contributed by atoms with E-state index in [1.165, 1.54) is 0 Å². The van der Waals surface area contributed by atoms with Gasteiger partial charge in [-0.25, -0.2) is 0 Å². The number of hydrogen-bond acceptors (Lipinski definition) is 4. The van der Waals surface area contributed by atoms with E-state index in [1.54, 1.807) is 12.1 Å². The van der Waals surface area contributed by atoms with Crippen molar-refractivity contribution in [2.75, 3.05) is 43.5 Å². The number of anilines is 2. The molecule has 0 radical (unpaired) electrons. The predicted octanol–water partition coefficient (Wildman–Crippen LogP) is 1.25. The van der Waals surface area contributed by atoms with Crippen LogP contribution in [0.1, 0.15) is 23.7 Å². The summed E-state index contributed by atoms with van der Waals surface area (Å²) in [5.74, 6) is -0.0604. The second kappa shape index (κ2) is 6.43. The molecule has 1 aliphatic rings. The SMILES string of the molecule is CCNC(=O)c1ccc(N)c(N2CCCOCC2)c1. The van der Waals surface area contributed by atoms with Gasteiger partial charge in [0.1, 0.15) is 0 Å². The summed E-state index contributed by atoms with van der Waals surface area (Å²) in [6, 6.07) is 5.43. The molecule has 5 heteroatoms. The first-order valence-corrected chi connectivity index (χ1v) is 6.72. The van der Waals surface area contributed by atoms with Crippen molar-refractivity contribution in [1.29, 1.82) is 0 Å². The van der Waals surface area contributed by atoms with Crippen molar-refractivity contribution in [1.82, 2.24) is 5.32 Å². The molecule has 1 heterocycles. The Morgan fingerprint density at radius 3 is 3.05 bits per heavy atom. The number of carbonyl (C=O) groups excluding carboxylic acids is 1. The Balaban J connectivity index is 2.22. The Hall–Kier alpha value is -1.75. The molecule has 0 aliphatic carbocycles. The van der Waals surface area contributed by atoms with E-state index in [1.807, 2.05) is 13.0 Å². The lowest BCUT2D eigenvalue weighted by Gasteiger charge is -2.24. The van der Waals surface area contributed by atoms with Crippen molar-refractivity contribution >= 4 is 17.3 Å². The summed E-state index contributed by atoms with van der Waals surface area (Å²) >= 11 is 0. The Bertz CT molecular complexity index is 440. The van der Waals surface area contributed by atoms with Crippen LogP contribution in [0.5, 0.6) is 0 Å². The van der Waals surface area contributed by atoms with Gasteiger partial charge in [0.25, 0.3) is 5.91 Å². The lowest BCUT2D eigenvalue weighted by Crippen LogP contribution is -2.28. The van der Waals surface area contributed by atoms with Crippen LogP contribution in [0, 0.1) is 0 Å². The molecule has 1 amide bonds. The monoisotopic (exact) mass is 263 g/mol. The Labute approximate surface area is 113 Å². The molecule has 2 rings (SSSR count). The average molecular weight is 263 g/mol. The summed E-state index contributed by atoms with van der Waals surface area (Å²) in [4.78, 5) is 14.0. The van der Waals surface area contributed by atoms with Crippen molar-refractivity contribution in [2.45, 2.75) is 13.3 Å². The molecule has 0 atom stereocenters. The van der Waals surface area contributed by atoms with Crippen LogP contribution in [0.2, 0.25) is 0 Å². The zero-order valence-corrected chi connectivity index (χ0v) is 11.3. The molecule has 0 spiro atoms. The highest BCUT2D eigenvalue weighted by molar-refractivity contribution is 5.96. The van der Waals surface area contributed by atoms with Gasteiger partial charge in [0, 0.05) is 31.8 Å². The fourth-order valence-corrected chi connectivity index (χ4v) is 2.21. The molecule has 104 valence electrons. The van der Waals surface area contributed by atoms with Gasteiger partial charge >= 0.3 is 0 Å². The molecule has 0 bridgehead atoms. The molecular formula is C14H21N3O2. The highest BCUT2D eigenvalue weighted by Crippen LogP contribution is 2.25. The topological polar surface area (TPSA) is 67.6 Å². The number of nitrogens with two attached hydrogens (primary N) is 1. The van der Waals surface area contributed by atoms with Crippen LogP contribution in [0.3, 0.4) is 0 Å². The number of rotatable bonds is 3. The molecule has 0 aromatic heterocycles. The number of benzene rings is 1. The number of amides is 1. The first kappa shape index (κ1) is 13.7. The molecule has 1 aromatic rings. The summed E-state index contributed by atoms with van der Waals surface area (Å²) in [5, 5.41) is 2.80. The van der Waals surface area contributed by atoms with E-state index in [0.717, 1.165) is 31.8 Å². The number of hydrogen-bond donors (Lipinski definition) is 2. The van der Waals surface area contributed by atoms with Crippen LogP contribution in [-0.4, -0.2) is 38.8 Å². The maximum atomic E-state index is 11.9. The van der Waals surface area contributed by atoms with Gasteiger partial charge in [0.05, 0.1) is 18.0 Å². The number of nitrogen functional groups attached to an aromatic ring is 1. The van der Waals surface area contributed by atoms with Crippen LogP contribution in [0.25, 0.3) is 0 Å². The summed E-state index contributed by atoms with van der Waals surface area (Å²) in [6.07, 6.45) is 0.977. The first-order valence-electron chi connectivity index (χ1n) is 6.72. The smallest absolute Gasteiger partial charge is 0.251 e. The molecule has 3 N–H and O–H groups in total. The predicted molar refractivity (Wildman–Crippen MR) is 76.5 cm³/mol. The van der Waals surface area contributed by atoms with Crippen LogP contribution in [0.4, 0.5) is 11.4 Å². The maximum Gasteiger partial charge on any atom is 0.251 e. The van der Waals surface area contributed by atoms with Crippen LogP contribution >= 0.6 is 0 Å². The minimum absolute atomic E-state index is 0.0604. The average Bonchev–Trinajstić information content (AvgIpc) is 2.68. The highest BCUT2D eigenvalue weighted by atomic mass is 16.5. The molecule has 5 nitrogen and oxygen atoms in total. The van der Waals surface area contributed by atoms with Crippen molar-refractivity contribution in [3.05, 3.63) is 23.8 Å². The van der Waals surface area contributed by atoms with Gasteiger partial charge in [-0.2, -0.15) is 0 Å². The second-order valence-corrected chi connectivity index (χ2v) is 4.59. The molecule has 0 saturated carbocycles. The highest BCUT2D eigenvalue weighted by Gasteiger charge is 2.15. The van der Waals surface area contributed by atoms with E-state index >= 15 is 0 Å². The summed E-state index contributed by atoms with van der Waals surface area (Å²) in [7, 11) is 0. The molecule has 1 saturated heterocycles. The first-order chi connectivity index (χ1) is 9.22. The standard InChI is InChI=1S/C14H21N3O2/c1-2-16-14(18)11-4-5-12(15)13(10-11)17-6-3-8-19-9-7-17/h4-5,10H,2-3,6-9,15H2,1H3,(H,16,18). The summed E-state index contributed by atoms with van der Waals surface area (Å²) in [5.41, 5.74) is 8.31. The van der Waals surface area contributed by atoms with Gasteiger partial charge in [-0.15, -0.1) is 0 Å². The van der Waals surface area contributed by atoms with Crippen LogP contribution < -0.4 is 16.0 Å². The molecule has 19 heavy (non-hydrogen) atoms. The molecule has 1 fully saturated rings. The van der Waals surface area contributed by atoms with Gasteiger partial charge in [0.15, 0.2) is 0 Å². The minimum Gasteiger partial charge on any atom is -0.397 e. The van der Waals surface area contributed by atoms with Crippen molar-refractivity contribution < 1.29 is 9.53 Å². The maximum absolute atomic E-state index is 11.9. The Morgan fingerprint density at radius 1 is 1.42 bits per heavy atom. The lowest BCUT2D eigenvalue weighted by molar-refractivity contribution is 0.0956. The van der Waals surface area contributed by atoms with Crippen molar-refractivity contribution in [2.24, 2.45) is 0 Å². The van der Waals surface area contributed by atoms with E-state index in [-0.39, 0.29) is 5.91 Å². The fraction of sp³-hybridized carbons (Fsp3) is 0.500. The quantitative estimate of drug-likeness (QED) is 0.805. The largest absolute Gasteiger partial charge is 0.397 e. The normalized spacial score (nSPS) is 15.9. The third-order valence-corrected chi connectivity index (χ3v) is 3.19. The number of nitrogens with zero attached hydrogens (tertiary/aromatic N) is 1. The van der Waals surface area contributed by atoms with E-state index < -0.39 is 0 Å². The van der Waals surface area contributed by atoms with Crippen molar-refractivity contribution in [3.8, 4) is 0 Å². The molecule has 1 aromatic carbocycles. The third kappa shape index (κ3) is 3.38. The fourth-order valence-electron chi connectivity index (χ4n) is 2.21. The molecule has 1 aliphatic heterocycles. The Kier molecular flexibility index (Phi) is 4.63. The van der Waals surface area contributed by atoms with Gasteiger partial charge in [0.2, 0.25) is 0 Å².